The van der Waals surface area contributed by atoms with E-state index in [-0.39, 0.29) is 5.41 Å². The molecule has 0 radical (unpaired) electrons. The van der Waals surface area contributed by atoms with Gasteiger partial charge in [0.15, 0.2) is 0 Å². The fourth-order valence-electron chi connectivity index (χ4n) is 1.04. The number of pyridine rings is 1. The number of aromatic nitrogens is 1. The molecule has 0 aliphatic heterocycles. The van der Waals surface area contributed by atoms with Gasteiger partial charge in [-0.25, -0.2) is 0 Å². The number of hydrogen-bond donors (Lipinski definition) is 1. The van der Waals surface area contributed by atoms with Crippen LogP contribution in [0, 0.1) is 5.41 Å². The molecule has 1 rings (SSSR count). The Morgan fingerprint density at radius 2 is 1.93 bits per heavy atom. The van der Waals surface area contributed by atoms with Crippen LogP contribution >= 0.6 is 23.2 Å². The van der Waals surface area contributed by atoms with Crippen LogP contribution in [0.3, 0.4) is 0 Å². The van der Waals surface area contributed by atoms with E-state index in [0.717, 1.165) is 0 Å². The van der Waals surface area contributed by atoms with E-state index in [1.807, 2.05) is 20.8 Å². The summed E-state index contributed by atoms with van der Waals surface area (Å²) in [4.78, 5) is 4.03. The Morgan fingerprint density at radius 1 is 1.36 bits per heavy atom. The van der Waals surface area contributed by atoms with Crippen LogP contribution in [0.2, 0.25) is 10.0 Å². The van der Waals surface area contributed by atoms with Crippen molar-refractivity contribution in [2.75, 3.05) is 0 Å². The van der Waals surface area contributed by atoms with Gasteiger partial charge in [-0.15, -0.1) is 0 Å². The molecule has 1 heterocycles. The van der Waals surface area contributed by atoms with Gasteiger partial charge in [-0.05, 0) is 11.5 Å². The molecule has 0 saturated carbocycles. The molecule has 0 aliphatic rings. The zero-order valence-corrected chi connectivity index (χ0v) is 9.89. The molecular weight excluding hydrogens is 221 g/mol. The number of rotatable bonds is 1. The van der Waals surface area contributed by atoms with Crippen LogP contribution in [0.1, 0.15) is 32.6 Å². The van der Waals surface area contributed by atoms with Crippen LogP contribution in [0.5, 0.6) is 0 Å². The molecule has 78 valence electrons. The maximum atomic E-state index is 9.94. The topological polar surface area (TPSA) is 33.1 Å². The van der Waals surface area contributed by atoms with E-state index >= 15 is 0 Å². The van der Waals surface area contributed by atoms with E-state index in [2.05, 4.69) is 4.98 Å². The Morgan fingerprint density at radius 3 is 2.36 bits per heavy atom. The third-order valence-corrected chi connectivity index (χ3v) is 2.43. The molecule has 14 heavy (non-hydrogen) atoms. The molecule has 0 fully saturated rings. The molecule has 2 nitrogen and oxygen atoms in total. The molecule has 0 aliphatic carbocycles. The van der Waals surface area contributed by atoms with E-state index in [9.17, 15) is 5.11 Å². The molecule has 0 saturated heterocycles. The Hall–Kier alpha value is -0.310. The maximum absolute atomic E-state index is 9.94. The Kier molecular flexibility index (Phi) is 3.40. The second-order valence-corrected chi connectivity index (χ2v) is 5.13. The quantitative estimate of drug-likeness (QED) is 0.806. The summed E-state index contributed by atoms with van der Waals surface area (Å²) >= 11 is 11.6. The largest absolute Gasteiger partial charge is 0.386 e. The van der Waals surface area contributed by atoms with E-state index in [0.29, 0.717) is 15.7 Å². The third-order valence-electron chi connectivity index (χ3n) is 1.92. The van der Waals surface area contributed by atoms with Crippen LogP contribution in [0.15, 0.2) is 12.3 Å². The lowest BCUT2D eigenvalue weighted by molar-refractivity contribution is 0.0590. The van der Waals surface area contributed by atoms with Gasteiger partial charge in [0.1, 0.15) is 6.10 Å². The van der Waals surface area contributed by atoms with Crippen molar-refractivity contribution in [3.8, 4) is 0 Å². The Bertz CT molecular complexity index is 333. The van der Waals surface area contributed by atoms with Crippen LogP contribution in [-0.2, 0) is 0 Å². The Balaban J connectivity index is 3.08. The minimum atomic E-state index is -0.688. The van der Waals surface area contributed by atoms with E-state index in [1.54, 1.807) is 6.07 Å². The van der Waals surface area contributed by atoms with E-state index in [1.165, 1.54) is 6.20 Å². The van der Waals surface area contributed by atoms with Crippen molar-refractivity contribution in [2.24, 2.45) is 5.41 Å². The lowest BCUT2D eigenvalue weighted by Gasteiger charge is -2.25. The minimum Gasteiger partial charge on any atom is -0.386 e. The highest BCUT2D eigenvalue weighted by Crippen LogP contribution is 2.35. The lowest BCUT2D eigenvalue weighted by Crippen LogP contribution is -2.19. The van der Waals surface area contributed by atoms with Gasteiger partial charge in [0, 0.05) is 6.20 Å². The summed E-state index contributed by atoms with van der Waals surface area (Å²) in [6.45, 7) is 5.76. The van der Waals surface area contributed by atoms with Crippen molar-refractivity contribution in [1.29, 1.82) is 0 Å². The zero-order valence-electron chi connectivity index (χ0n) is 8.38. The SMILES string of the molecule is CC(C)(C)C(O)c1ncc(Cl)cc1Cl. The number of aliphatic hydroxyl groups excluding tert-OH is 1. The zero-order chi connectivity index (χ0) is 10.9. The van der Waals surface area contributed by atoms with Gasteiger partial charge in [0.25, 0.3) is 0 Å². The minimum absolute atomic E-state index is 0.287. The van der Waals surface area contributed by atoms with Gasteiger partial charge in [-0.3, -0.25) is 4.98 Å². The molecule has 4 heteroatoms. The molecule has 1 N–H and O–H groups in total. The first-order valence-electron chi connectivity index (χ1n) is 4.31. The normalized spacial score (nSPS) is 14.1. The lowest BCUT2D eigenvalue weighted by atomic mass is 9.87. The maximum Gasteiger partial charge on any atom is 0.102 e. The molecule has 0 bridgehead atoms. The summed E-state index contributed by atoms with van der Waals surface area (Å²) < 4.78 is 0. The van der Waals surface area contributed by atoms with Crippen molar-refractivity contribution in [3.05, 3.63) is 28.0 Å². The van der Waals surface area contributed by atoms with Gasteiger partial charge in [0.05, 0.1) is 15.7 Å². The summed E-state index contributed by atoms with van der Waals surface area (Å²) in [5, 5.41) is 10.8. The van der Waals surface area contributed by atoms with Crippen molar-refractivity contribution < 1.29 is 5.11 Å². The van der Waals surface area contributed by atoms with Crippen molar-refractivity contribution in [3.63, 3.8) is 0 Å². The molecule has 1 unspecified atom stereocenters. The second kappa shape index (κ2) is 4.05. The van der Waals surface area contributed by atoms with Crippen LogP contribution in [-0.4, -0.2) is 10.1 Å². The summed E-state index contributed by atoms with van der Waals surface area (Å²) in [5.41, 5.74) is 0.188. The molecule has 0 amide bonds. The molecule has 1 atom stereocenters. The predicted octanol–water partition coefficient (Wildman–Crippen LogP) is 3.47. The fraction of sp³-hybridized carbons (Fsp3) is 0.500. The molecular formula is C10H13Cl2NO. The van der Waals surface area contributed by atoms with Gasteiger partial charge >= 0.3 is 0 Å². The van der Waals surface area contributed by atoms with Gasteiger partial charge in [-0.2, -0.15) is 0 Å². The predicted molar refractivity (Wildman–Crippen MR) is 58.7 cm³/mol. The third kappa shape index (κ3) is 2.59. The number of hydrogen-bond acceptors (Lipinski definition) is 2. The van der Waals surface area contributed by atoms with Crippen molar-refractivity contribution in [1.82, 2.24) is 4.98 Å². The average Bonchev–Trinajstić information content (AvgIpc) is 2.01. The summed E-state index contributed by atoms with van der Waals surface area (Å²) in [6.07, 6.45) is 0.796. The fourth-order valence-corrected chi connectivity index (χ4v) is 1.52. The standard InChI is InChI=1S/C10H13Cl2NO/c1-10(2,3)9(14)8-7(12)4-6(11)5-13-8/h4-5,9,14H,1-3H3. The molecule has 0 spiro atoms. The van der Waals surface area contributed by atoms with Crippen LogP contribution in [0.4, 0.5) is 0 Å². The summed E-state index contributed by atoms with van der Waals surface area (Å²) in [5.74, 6) is 0. The van der Waals surface area contributed by atoms with Gasteiger partial charge in [-0.1, -0.05) is 44.0 Å². The highest BCUT2D eigenvalue weighted by Gasteiger charge is 2.26. The van der Waals surface area contributed by atoms with Crippen molar-refractivity contribution >= 4 is 23.2 Å². The highest BCUT2D eigenvalue weighted by molar-refractivity contribution is 6.34. The monoisotopic (exact) mass is 233 g/mol. The number of aliphatic hydroxyl groups is 1. The molecule has 0 aromatic carbocycles. The smallest absolute Gasteiger partial charge is 0.102 e. The van der Waals surface area contributed by atoms with Gasteiger partial charge in [0.2, 0.25) is 0 Å². The molecule has 1 aromatic heterocycles. The average molecular weight is 234 g/mol. The number of halogens is 2. The number of nitrogens with zero attached hydrogens (tertiary/aromatic N) is 1. The first kappa shape index (κ1) is 11.8. The first-order chi connectivity index (χ1) is 6.32. The first-order valence-corrected chi connectivity index (χ1v) is 5.07. The second-order valence-electron chi connectivity index (χ2n) is 4.29. The summed E-state index contributed by atoms with van der Waals surface area (Å²) in [6, 6.07) is 1.58. The van der Waals surface area contributed by atoms with E-state index < -0.39 is 6.10 Å². The van der Waals surface area contributed by atoms with E-state index in [4.69, 9.17) is 23.2 Å². The van der Waals surface area contributed by atoms with Crippen LogP contribution in [0.25, 0.3) is 0 Å². The highest BCUT2D eigenvalue weighted by atomic mass is 35.5. The van der Waals surface area contributed by atoms with Crippen LogP contribution < -0.4 is 0 Å². The van der Waals surface area contributed by atoms with Gasteiger partial charge < -0.3 is 5.11 Å². The van der Waals surface area contributed by atoms with Crippen molar-refractivity contribution in [2.45, 2.75) is 26.9 Å². The Labute approximate surface area is 93.9 Å². The molecule has 1 aromatic rings. The summed E-state index contributed by atoms with van der Waals surface area (Å²) in [7, 11) is 0.